The lowest BCUT2D eigenvalue weighted by atomic mass is 9.83. The Bertz CT molecular complexity index is 374. The summed E-state index contributed by atoms with van der Waals surface area (Å²) >= 11 is 3.77. The van der Waals surface area contributed by atoms with Crippen LogP contribution in [0.3, 0.4) is 0 Å². The lowest BCUT2D eigenvalue weighted by Gasteiger charge is -2.36. The van der Waals surface area contributed by atoms with Gasteiger partial charge in [-0.2, -0.15) is 0 Å². The highest BCUT2D eigenvalue weighted by atomic mass is 79.9. The van der Waals surface area contributed by atoms with E-state index in [9.17, 15) is 0 Å². The molecule has 92 valence electrons. The minimum atomic E-state index is 0.0953. The highest BCUT2D eigenvalue weighted by molar-refractivity contribution is 9.09. The standard InChI is InChI=1S/C15H19BrO/c16-15(10-17-11-15)14-8-6-13(7-9-14)12-4-2-1-3-5-12/h6-9,12H,1-5,10-11H2. The smallest absolute Gasteiger partial charge is 0.0971 e. The molecular weight excluding hydrogens is 276 g/mol. The van der Waals surface area contributed by atoms with E-state index in [2.05, 4.69) is 40.2 Å². The summed E-state index contributed by atoms with van der Waals surface area (Å²) in [6.45, 7) is 1.60. The van der Waals surface area contributed by atoms with Gasteiger partial charge in [-0.05, 0) is 29.9 Å². The topological polar surface area (TPSA) is 9.23 Å². The fraction of sp³-hybridized carbons (Fsp3) is 0.600. The highest BCUT2D eigenvalue weighted by Gasteiger charge is 2.37. The molecule has 0 aromatic heterocycles. The van der Waals surface area contributed by atoms with Crippen molar-refractivity contribution in [2.75, 3.05) is 13.2 Å². The Morgan fingerprint density at radius 3 is 2.18 bits per heavy atom. The Morgan fingerprint density at radius 2 is 1.65 bits per heavy atom. The van der Waals surface area contributed by atoms with Crippen molar-refractivity contribution in [3.8, 4) is 0 Å². The molecule has 2 fully saturated rings. The maximum absolute atomic E-state index is 5.29. The van der Waals surface area contributed by atoms with E-state index in [0.29, 0.717) is 0 Å². The predicted octanol–water partition coefficient (Wildman–Crippen LogP) is 4.35. The minimum absolute atomic E-state index is 0.0953. The molecule has 1 aliphatic carbocycles. The Labute approximate surface area is 112 Å². The summed E-state index contributed by atoms with van der Waals surface area (Å²) in [7, 11) is 0. The van der Waals surface area contributed by atoms with Gasteiger partial charge in [0.1, 0.15) is 0 Å². The second kappa shape index (κ2) is 4.74. The van der Waals surface area contributed by atoms with E-state index in [1.165, 1.54) is 43.2 Å². The molecule has 1 aromatic rings. The molecule has 0 N–H and O–H groups in total. The van der Waals surface area contributed by atoms with Crippen molar-refractivity contribution in [2.45, 2.75) is 42.3 Å². The number of hydrogen-bond acceptors (Lipinski definition) is 1. The van der Waals surface area contributed by atoms with Crippen LogP contribution < -0.4 is 0 Å². The molecule has 0 unspecified atom stereocenters. The van der Waals surface area contributed by atoms with Gasteiger partial charge in [0.05, 0.1) is 17.5 Å². The molecule has 0 spiro atoms. The van der Waals surface area contributed by atoms with E-state index < -0.39 is 0 Å². The van der Waals surface area contributed by atoms with Crippen molar-refractivity contribution in [3.63, 3.8) is 0 Å². The SMILES string of the molecule is BrC1(c2ccc(C3CCCCC3)cc2)COC1. The molecule has 17 heavy (non-hydrogen) atoms. The summed E-state index contributed by atoms with van der Waals surface area (Å²) in [6.07, 6.45) is 6.99. The van der Waals surface area contributed by atoms with Crippen molar-refractivity contribution < 1.29 is 4.74 Å². The lowest BCUT2D eigenvalue weighted by Crippen LogP contribution is -2.40. The first kappa shape index (κ1) is 11.7. The van der Waals surface area contributed by atoms with Gasteiger partial charge in [0.25, 0.3) is 0 Å². The fourth-order valence-electron chi connectivity index (χ4n) is 2.94. The van der Waals surface area contributed by atoms with Crippen LogP contribution in [-0.4, -0.2) is 13.2 Å². The zero-order valence-electron chi connectivity index (χ0n) is 10.1. The van der Waals surface area contributed by atoms with Crippen LogP contribution in [0.25, 0.3) is 0 Å². The van der Waals surface area contributed by atoms with E-state index in [0.717, 1.165) is 19.1 Å². The summed E-state index contributed by atoms with van der Waals surface area (Å²) in [5.74, 6) is 0.807. The first-order chi connectivity index (χ1) is 8.28. The van der Waals surface area contributed by atoms with E-state index in [-0.39, 0.29) is 4.32 Å². The number of rotatable bonds is 2. The zero-order chi connectivity index (χ0) is 11.7. The van der Waals surface area contributed by atoms with Crippen molar-refractivity contribution >= 4 is 15.9 Å². The third-order valence-corrected chi connectivity index (χ3v) is 5.08. The van der Waals surface area contributed by atoms with E-state index >= 15 is 0 Å². The Morgan fingerprint density at radius 1 is 1.00 bits per heavy atom. The molecule has 1 saturated carbocycles. The average molecular weight is 295 g/mol. The quantitative estimate of drug-likeness (QED) is 0.737. The van der Waals surface area contributed by atoms with Gasteiger partial charge in [0, 0.05) is 0 Å². The number of hydrogen-bond donors (Lipinski definition) is 0. The largest absolute Gasteiger partial charge is 0.378 e. The molecule has 0 radical (unpaired) electrons. The molecule has 1 nitrogen and oxygen atoms in total. The predicted molar refractivity (Wildman–Crippen MR) is 73.7 cm³/mol. The molecule has 2 heteroatoms. The van der Waals surface area contributed by atoms with Crippen LogP contribution in [0.5, 0.6) is 0 Å². The molecule has 1 saturated heterocycles. The van der Waals surface area contributed by atoms with Crippen molar-refractivity contribution in [2.24, 2.45) is 0 Å². The van der Waals surface area contributed by atoms with Crippen LogP contribution in [0.2, 0.25) is 0 Å². The second-order valence-electron chi connectivity index (χ2n) is 5.42. The van der Waals surface area contributed by atoms with Gasteiger partial charge < -0.3 is 4.74 Å². The zero-order valence-corrected chi connectivity index (χ0v) is 11.7. The number of benzene rings is 1. The Balaban J connectivity index is 1.75. The molecular formula is C15H19BrO. The third kappa shape index (κ3) is 2.30. The van der Waals surface area contributed by atoms with Gasteiger partial charge in [-0.15, -0.1) is 0 Å². The number of ether oxygens (including phenoxy) is 1. The summed E-state index contributed by atoms with van der Waals surface area (Å²) in [6, 6.07) is 9.21. The van der Waals surface area contributed by atoms with Gasteiger partial charge in [-0.3, -0.25) is 0 Å². The normalized spacial score (nSPS) is 24.3. The first-order valence-electron chi connectivity index (χ1n) is 6.65. The third-order valence-electron chi connectivity index (χ3n) is 4.17. The molecule has 0 bridgehead atoms. The Hall–Kier alpha value is -0.340. The van der Waals surface area contributed by atoms with E-state index in [1.54, 1.807) is 0 Å². The van der Waals surface area contributed by atoms with Crippen LogP contribution in [0.1, 0.15) is 49.1 Å². The summed E-state index contributed by atoms with van der Waals surface area (Å²) in [5.41, 5.74) is 2.90. The lowest BCUT2D eigenvalue weighted by molar-refractivity contribution is -0.00699. The number of alkyl halides is 1. The maximum Gasteiger partial charge on any atom is 0.0971 e. The summed E-state index contributed by atoms with van der Waals surface area (Å²) in [4.78, 5) is 0. The minimum Gasteiger partial charge on any atom is -0.378 e. The van der Waals surface area contributed by atoms with Gasteiger partial charge in [-0.25, -0.2) is 0 Å². The van der Waals surface area contributed by atoms with Gasteiger partial charge in [0.2, 0.25) is 0 Å². The highest BCUT2D eigenvalue weighted by Crippen LogP contribution is 2.39. The van der Waals surface area contributed by atoms with Crippen LogP contribution >= 0.6 is 15.9 Å². The van der Waals surface area contributed by atoms with Gasteiger partial charge in [-0.1, -0.05) is 59.5 Å². The monoisotopic (exact) mass is 294 g/mol. The maximum atomic E-state index is 5.29. The van der Waals surface area contributed by atoms with Crippen molar-refractivity contribution in [1.29, 1.82) is 0 Å². The molecule has 0 amide bonds. The van der Waals surface area contributed by atoms with Crippen LogP contribution in [0.15, 0.2) is 24.3 Å². The van der Waals surface area contributed by atoms with Gasteiger partial charge >= 0.3 is 0 Å². The van der Waals surface area contributed by atoms with Crippen molar-refractivity contribution in [3.05, 3.63) is 35.4 Å². The molecule has 1 aliphatic heterocycles. The van der Waals surface area contributed by atoms with Crippen LogP contribution in [0.4, 0.5) is 0 Å². The molecule has 3 rings (SSSR count). The van der Waals surface area contributed by atoms with Gasteiger partial charge in [0.15, 0.2) is 0 Å². The van der Waals surface area contributed by atoms with Crippen molar-refractivity contribution in [1.82, 2.24) is 0 Å². The fourth-order valence-corrected chi connectivity index (χ4v) is 3.53. The van der Waals surface area contributed by atoms with E-state index in [4.69, 9.17) is 4.74 Å². The first-order valence-corrected chi connectivity index (χ1v) is 7.44. The number of halogens is 1. The summed E-state index contributed by atoms with van der Waals surface area (Å²) < 4.78 is 5.39. The molecule has 1 aromatic carbocycles. The van der Waals surface area contributed by atoms with Crippen LogP contribution in [0, 0.1) is 0 Å². The molecule has 0 atom stereocenters. The second-order valence-corrected chi connectivity index (χ2v) is 6.93. The molecule has 2 aliphatic rings. The average Bonchev–Trinajstić information content (AvgIpc) is 2.37. The van der Waals surface area contributed by atoms with E-state index in [1.807, 2.05) is 0 Å². The molecule has 1 heterocycles. The Kier molecular flexibility index (Phi) is 3.27. The summed E-state index contributed by atoms with van der Waals surface area (Å²) in [5, 5.41) is 0. The van der Waals surface area contributed by atoms with Crippen LogP contribution in [-0.2, 0) is 9.06 Å².